The van der Waals surface area contributed by atoms with Crippen molar-refractivity contribution in [3.8, 4) is 0 Å². The fourth-order valence-electron chi connectivity index (χ4n) is 3.00. The smallest absolute Gasteiger partial charge is 0.331 e. The summed E-state index contributed by atoms with van der Waals surface area (Å²) in [5.41, 5.74) is -0.487. The Balaban J connectivity index is 1.86. The minimum absolute atomic E-state index is 0.0700. The van der Waals surface area contributed by atoms with Crippen molar-refractivity contribution in [2.45, 2.75) is 51.2 Å². The highest BCUT2D eigenvalue weighted by Crippen LogP contribution is 2.34. The van der Waals surface area contributed by atoms with Crippen LogP contribution in [-0.2, 0) is 21.4 Å². The highest BCUT2D eigenvalue weighted by Gasteiger charge is 2.33. The summed E-state index contributed by atoms with van der Waals surface area (Å²) in [5, 5.41) is 18.0. The minimum Gasteiger partial charge on any atom is -0.479 e. The maximum absolute atomic E-state index is 13.2. The number of carboxylic acids is 1. The van der Waals surface area contributed by atoms with Crippen LogP contribution in [0.4, 0.5) is 0 Å². The highest BCUT2D eigenvalue weighted by atomic mass is 31.2. The molecule has 0 bridgehead atoms. The molecule has 10 heteroatoms. The molecule has 2 aromatic heterocycles. The second-order valence-corrected chi connectivity index (χ2v) is 11.5. The maximum atomic E-state index is 13.2. The second kappa shape index (κ2) is 7.71. The summed E-state index contributed by atoms with van der Waals surface area (Å²) in [7, 11) is -2.51. The summed E-state index contributed by atoms with van der Waals surface area (Å²) < 4.78 is 13.7. The molecular formula is C19H26N5O4P. The lowest BCUT2D eigenvalue weighted by Crippen LogP contribution is -2.44. The number of aliphatic carboxylic acids is 1. The average Bonchev–Trinajstić information content (AvgIpc) is 3.07. The van der Waals surface area contributed by atoms with Gasteiger partial charge in [-0.15, -0.1) is 5.10 Å². The molecule has 0 radical (unpaired) electrons. The van der Waals surface area contributed by atoms with Gasteiger partial charge in [-0.05, 0) is 58.6 Å². The van der Waals surface area contributed by atoms with E-state index in [9.17, 15) is 19.3 Å². The topological polar surface area (TPSA) is 118 Å². The molecule has 9 nitrogen and oxygen atoms in total. The normalized spacial score (nSPS) is 15.0. The molecular weight excluding hydrogens is 393 g/mol. The second-order valence-electron chi connectivity index (χ2n) is 8.29. The van der Waals surface area contributed by atoms with Crippen LogP contribution in [0.3, 0.4) is 0 Å². The molecule has 0 spiro atoms. The van der Waals surface area contributed by atoms with E-state index in [0.717, 1.165) is 19.3 Å². The van der Waals surface area contributed by atoms with Crippen LogP contribution < -0.4 is 5.30 Å². The van der Waals surface area contributed by atoms with Crippen LogP contribution in [0.15, 0.2) is 24.5 Å². The van der Waals surface area contributed by atoms with Crippen molar-refractivity contribution in [2.75, 3.05) is 13.3 Å². The van der Waals surface area contributed by atoms with Gasteiger partial charge in [0.05, 0.1) is 12.7 Å². The lowest BCUT2D eigenvalue weighted by atomic mass is 9.91. The number of carboxylic acid groups (broad SMARTS) is 1. The van der Waals surface area contributed by atoms with Crippen molar-refractivity contribution in [3.63, 3.8) is 0 Å². The maximum Gasteiger partial charge on any atom is 0.331 e. The van der Waals surface area contributed by atoms with Crippen molar-refractivity contribution < 1.29 is 19.3 Å². The molecule has 1 aliphatic carbocycles. The van der Waals surface area contributed by atoms with Gasteiger partial charge in [-0.25, -0.2) is 9.48 Å². The van der Waals surface area contributed by atoms with Gasteiger partial charge in [0.25, 0.3) is 5.91 Å². The molecule has 3 rings (SSSR count). The summed E-state index contributed by atoms with van der Waals surface area (Å²) in [6.07, 6.45) is 5.89. The zero-order valence-electron chi connectivity index (χ0n) is 17.1. The molecule has 2 aromatic rings. The molecule has 1 aliphatic rings. The number of carbonyl (C=O) groups is 2. The fraction of sp³-hybridized carbons (Fsp3) is 0.526. The third-order valence-corrected chi connectivity index (χ3v) is 6.85. The fourth-order valence-corrected chi connectivity index (χ4v) is 3.86. The predicted molar refractivity (Wildman–Crippen MR) is 108 cm³/mol. The Bertz CT molecular complexity index is 976. The Morgan fingerprint density at radius 1 is 1.34 bits per heavy atom. The quantitative estimate of drug-likeness (QED) is 0.681. The molecule has 0 saturated heterocycles. The van der Waals surface area contributed by atoms with Gasteiger partial charge in [0, 0.05) is 17.5 Å². The Kier molecular flexibility index (Phi) is 5.63. The monoisotopic (exact) mass is 419 g/mol. The van der Waals surface area contributed by atoms with E-state index >= 15 is 0 Å². The zero-order chi connectivity index (χ0) is 21.4. The largest absolute Gasteiger partial charge is 0.479 e. The first-order valence-electron chi connectivity index (χ1n) is 9.48. The number of nitrogens with zero attached hydrogens (tertiary/aromatic N) is 5. The Hall–Kier alpha value is -2.54. The summed E-state index contributed by atoms with van der Waals surface area (Å²) >= 11 is 0. The van der Waals surface area contributed by atoms with Crippen LogP contribution in [-0.4, -0.2) is 61.2 Å². The number of pyridine rings is 1. The van der Waals surface area contributed by atoms with E-state index in [1.54, 1.807) is 36.6 Å². The third-order valence-electron chi connectivity index (χ3n) is 5.33. The lowest BCUT2D eigenvalue weighted by molar-refractivity contribution is -0.146. The first kappa shape index (κ1) is 21.2. The van der Waals surface area contributed by atoms with Gasteiger partial charge in [0.2, 0.25) is 0 Å². The van der Waals surface area contributed by atoms with Crippen molar-refractivity contribution in [2.24, 2.45) is 0 Å². The number of amides is 1. The predicted octanol–water partition coefficient (Wildman–Crippen LogP) is 1.94. The first-order valence-corrected chi connectivity index (χ1v) is 12.1. The number of hydrogen-bond acceptors (Lipinski definition) is 6. The van der Waals surface area contributed by atoms with Crippen LogP contribution in [0.5, 0.6) is 0 Å². The van der Waals surface area contributed by atoms with Crippen molar-refractivity contribution >= 4 is 24.3 Å². The lowest BCUT2D eigenvalue weighted by Gasteiger charge is -2.37. The first-order chi connectivity index (χ1) is 13.5. The molecule has 1 saturated carbocycles. The molecule has 2 heterocycles. The van der Waals surface area contributed by atoms with E-state index in [0.29, 0.717) is 11.0 Å². The Morgan fingerprint density at radius 2 is 2.03 bits per heavy atom. The molecule has 156 valence electrons. The van der Waals surface area contributed by atoms with Gasteiger partial charge in [0.1, 0.15) is 18.5 Å². The van der Waals surface area contributed by atoms with E-state index in [2.05, 4.69) is 15.3 Å². The number of hydrogen-bond donors (Lipinski definition) is 1. The van der Waals surface area contributed by atoms with Crippen LogP contribution in [0.2, 0.25) is 0 Å². The van der Waals surface area contributed by atoms with Gasteiger partial charge in [0.15, 0.2) is 5.54 Å². The molecule has 1 N–H and O–H groups in total. The minimum atomic E-state index is -2.51. The standard InChI is InChI=1S/C19H26N5O4P/c1-19(2,18(26)27)24-12-13(21-22-24)11-23(14-6-5-7-14)17(25)16-10-15(8-9-20-16)29(3,4)28/h8-10,12,14H,5-7,11H2,1-4H3,(H,26,27). The van der Waals surface area contributed by atoms with Gasteiger partial charge < -0.3 is 14.6 Å². The van der Waals surface area contributed by atoms with Gasteiger partial charge in [-0.1, -0.05) is 5.21 Å². The molecule has 0 atom stereocenters. The molecule has 29 heavy (non-hydrogen) atoms. The average molecular weight is 419 g/mol. The summed E-state index contributed by atoms with van der Waals surface area (Å²) in [6.45, 7) is 6.59. The van der Waals surface area contributed by atoms with E-state index in [1.807, 2.05) is 0 Å². The van der Waals surface area contributed by atoms with Gasteiger partial charge >= 0.3 is 5.97 Å². The Morgan fingerprint density at radius 3 is 2.59 bits per heavy atom. The van der Waals surface area contributed by atoms with Crippen LogP contribution in [0.25, 0.3) is 0 Å². The molecule has 0 aliphatic heterocycles. The molecule has 0 unspecified atom stereocenters. The van der Waals surface area contributed by atoms with Crippen molar-refractivity contribution in [1.82, 2.24) is 24.9 Å². The molecule has 1 amide bonds. The number of aromatic nitrogens is 4. The molecule has 1 fully saturated rings. The van der Waals surface area contributed by atoms with Crippen LogP contribution in [0, 0.1) is 0 Å². The summed E-state index contributed by atoms with van der Waals surface area (Å²) in [5.74, 6) is -1.28. The number of rotatable bonds is 7. The highest BCUT2D eigenvalue weighted by molar-refractivity contribution is 7.70. The van der Waals surface area contributed by atoms with E-state index < -0.39 is 18.7 Å². The summed E-state index contributed by atoms with van der Waals surface area (Å²) in [4.78, 5) is 30.5. The van der Waals surface area contributed by atoms with E-state index in [1.165, 1.54) is 24.7 Å². The zero-order valence-corrected chi connectivity index (χ0v) is 18.0. The third kappa shape index (κ3) is 4.40. The SMILES string of the molecule is CC(C)(C(=O)O)n1cc(CN(C(=O)c2cc(P(C)(C)=O)ccn2)C2CCC2)nn1. The van der Waals surface area contributed by atoms with E-state index in [4.69, 9.17) is 0 Å². The molecule has 0 aromatic carbocycles. The van der Waals surface area contributed by atoms with Gasteiger partial charge in [-0.2, -0.15) is 0 Å². The van der Waals surface area contributed by atoms with Crippen LogP contribution >= 0.6 is 7.14 Å². The van der Waals surface area contributed by atoms with Gasteiger partial charge in [-0.3, -0.25) is 9.78 Å². The summed E-state index contributed by atoms with van der Waals surface area (Å²) in [6, 6.07) is 3.34. The van der Waals surface area contributed by atoms with Crippen LogP contribution in [0.1, 0.15) is 49.3 Å². The van der Waals surface area contributed by atoms with E-state index in [-0.39, 0.29) is 24.2 Å². The van der Waals surface area contributed by atoms with Crippen molar-refractivity contribution in [3.05, 3.63) is 35.9 Å². The Labute approximate surface area is 169 Å². The number of carbonyl (C=O) groups excluding carboxylic acids is 1. The van der Waals surface area contributed by atoms with Crippen molar-refractivity contribution in [1.29, 1.82) is 0 Å².